The molecule has 0 saturated carbocycles. The summed E-state index contributed by atoms with van der Waals surface area (Å²) >= 11 is 2.81. The van der Waals surface area contributed by atoms with E-state index in [1.807, 2.05) is 0 Å². The molecule has 1 rings (SSSR count). The van der Waals surface area contributed by atoms with Gasteiger partial charge in [-0.25, -0.2) is 0 Å². The molecule has 0 aliphatic heterocycles. The number of halogens is 4. The fourth-order valence-electron chi connectivity index (χ4n) is 1.61. The number of hydrogen-bond donors (Lipinski definition) is 3. The normalized spacial score (nSPS) is 12.9. The van der Waals surface area contributed by atoms with Crippen LogP contribution in [0, 0.1) is 5.92 Å². The van der Waals surface area contributed by atoms with Crippen molar-refractivity contribution < 1.29 is 22.8 Å². The second-order valence-corrected chi connectivity index (χ2v) is 6.08. The molecule has 0 aromatic heterocycles. The SMILES string of the molecule is CC(C)[C@H](N)C(=O)NCC(=O)Nc1ccc(Br)c(C(F)(F)F)c1. The lowest BCUT2D eigenvalue weighted by molar-refractivity contribution is -0.138. The van der Waals surface area contributed by atoms with Gasteiger partial charge in [-0.3, -0.25) is 9.59 Å². The molecule has 0 unspecified atom stereocenters. The van der Waals surface area contributed by atoms with Crippen LogP contribution in [0.15, 0.2) is 22.7 Å². The maximum absolute atomic E-state index is 12.8. The topological polar surface area (TPSA) is 84.2 Å². The zero-order valence-electron chi connectivity index (χ0n) is 12.5. The Balaban J connectivity index is 2.67. The smallest absolute Gasteiger partial charge is 0.346 e. The lowest BCUT2D eigenvalue weighted by Crippen LogP contribution is -2.46. The molecule has 128 valence electrons. The van der Waals surface area contributed by atoms with Gasteiger partial charge in [0.25, 0.3) is 0 Å². The zero-order valence-corrected chi connectivity index (χ0v) is 14.1. The van der Waals surface area contributed by atoms with Crippen LogP contribution in [0.25, 0.3) is 0 Å². The predicted octanol–water partition coefficient (Wildman–Crippen LogP) is 2.51. The Hall–Kier alpha value is -1.61. The third kappa shape index (κ3) is 5.83. The molecule has 1 aromatic rings. The fraction of sp³-hybridized carbons (Fsp3) is 0.429. The van der Waals surface area contributed by atoms with E-state index in [0.29, 0.717) is 0 Å². The van der Waals surface area contributed by atoms with Crippen molar-refractivity contribution in [3.8, 4) is 0 Å². The molecule has 0 saturated heterocycles. The summed E-state index contributed by atoms with van der Waals surface area (Å²) in [5, 5.41) is 4.62. The van der Waals surface area contributed by atoms with Gasteiger partial charge in [0.05, 0.1) is 18.2 Å². The van der Waals surface area contributed by atoms with Crippen molar-refractivity contribution in [1.82, 2.24) is 5.32 Å². The van der Waals surface area contributed by atoms with Gasteiger partial charge in [0, 0.05) is 10.2 Å². The lowest BCUT2D eigenvalue weighted by Gasteiger charge is -2.15. The highest BCUT2D eigenvalue weighted by atomic mass is 79.9. The first-order chi connectivity index (χ1) is 10.5. The van der Waals surface area contributed by atoms with E-state index in [-0.39, 0.29) is 22.6 Å². The molecule has 0 aliphatic carbocycles. The molecule has 2 amide bonds. The van der Waals surface area contributed by atoms with Gasteiger partial charge in [-0.2, -0.15) is 13.2 Å². The molecule has 5 nitrogen and oxygen atoms in total. The first-order valence-corrected chi connectivity index (χ1v) is 7.51. The Morgan fingerprint density at radius 1 is 1.30 bits per heavy atom. The van der Waals surface area contributed by atoms with Crippen LogP contribution in [-0.4, -0.2) is 24.4 Å². The van der Waals surface area contributed by atoms with E-state index >= 15 is 0 Å². The van der Waals surface area contributed by atoms with Crippen molar-refractivity contribution in [2.75, 3.05) is 11.9 Å². The first kappa shape index (κ1) is 19.4. The van der Waals surface area contributed by atoms with Crippen LogP contribution in [0.4, 0.5) is 18.9 Å². The number of alkyl halides is 3. The number of amides is 2. The molecule has 1 aromatic carbocycles. The van der Waals surface area contributed by atoms with Gasteiger partial charge in [-0.1, -0.05) is 29.8 Å². The Morgan fingerprint density at radius 2 is 1.91 bits per heavy atom. The summed E-state index contributed by atoms with van der Waals surface area (Å²) in [5.41, 5.74) is 4.69. The zero-order chi connectivity index (χ0) is 17.8. The number of nitrogens with one attached hydrogen (secondary N) is 2. The largest absolute Gasteiger partial charge is 0.417 e. The van der Waals surface area contributed by atoms with Gasteiger partial charge in [0.15, 0.2) is 0 Å². The van der Waals surface area contributed by atoms with E-state index in [0.717, 1.165) is 6.07 Å². The van der Waals surface area contributed by atoms with Crippen molar-refractivity contribution in [2.24, 2.45) is 11.7 Å². The Kier molecular flexibility index (Phi) is 6.57. The van der Waals surface area contributed by atoms with Crippen molar-refractivity contribution in [2.45, 2.75) is 26.1 Å². The van der Waals surface area contributed by atoms with E-state index < -0.39 is 29.6 Å². The summed E-state index contributed by atoms with van der Waals surface area (Å²) in [5.74, 6) is -1.24. The minimum absolute atomic E-state index is 0.0204. The van der Waals surface area contributed by atoms with Crippen LogP contribution in [0.3, 0.4) is 0 Å². The standard InChI is InChI=1S/C14H17BrF3N3O2/c1-7(2)12(19)13(23)20-6-11(22)21-8-3-4-10(15)9(5-8)14(16,17)18/h3-5,7,12H,6,19H2,1-2H3,(H,20,23)(H,21,22)/t12-/m0/s1. The fourth-order valence-corrected chi connectivity index (χ4v) is 2.08. The first-order valence-electron chi connectivity index (χ1n) is 6.72. The quantitative estimate of drug-likeness (QED) is 0.715. The summed E-state index contributed by atoms with van der Waals surface area (Å²) in [7, 11) is 0. The average molecular weight is 396 g/mol. The van der Waals surface area contributed by atoms with Crippen LogP contribution >= 0.6 is 15.9 Å². The molecule has 9 heteroatoms. The van der Waals surface area contributed by atoms with Crippen molar-refractivity contribution in [3.05, 3.63) is 28.2 Å². The lowest BCUT2D eigenvalue weighted by atomic mass is 10.1. The number of hydrogen-bond acceptors (Lipinski definition) is 3. The van der Waals surface area contributed by atoms with E-state index in [1.54, 1.807) is 13.8 Å². The summed E-state index contributed by atoms with van der Waals surface area (Å²) in [6.45, 7) is 3.13. The number of carbonyl (C=O) groups excluding carboxylic acids is 2. The van der Waals surface area contributed by atoms with Gasteiger partial charge in [0.2, 0.25) is 11.8 Å². The highest BCUT2D eigenvalue weighted by Crippen LogP contribution is 2.36. The summed E-state index contributed by atoms with van der Waals surface area (Å²) in [4.78, 5) is 23.3. The van der Waals surface area contributed by atoms with Crippen molar-refractivity contribution >= 4 is 33.4 Å². The molecule has 0 spiro atoms. The highest BCUT2D eigenvalue weighted by molar-refractivity contribution is 9.10. The number of carbonyl (C=O) groups is 2. The maximum Gasteiger partial charge on any atom is 0.417 e. The molecule has 0 radical (unpaired) electrons. The summed E-state index contributed by atoms with van der Waals surface area (Å²) in [6.07, 6.45) is -4.54. The molecule has 0 fully saturated rings. The second kappa shape index (κ2) is 7.78. The Bertz CT molecular complexity index is 591. The highest BCUT2D eigenvalue weighted by Gasteiger charge is 2.33. The summed E-state index contributed by atoms with van der Waals surface area (Å²) < 4.78 is 38.2. The maximum atomic E-state index is 12.8. The van der Waals surface area contributed by atoms with E-state index in [4.69, 9.17) is 5.73 Å². The minimum Gasteiger partial charge on any atom is -0.346 e. The monoisotopic (exact) mass is 395 g/mol. The molecule has 0 bridgehead atoms. The Morgan fingerprint density at radius 3 is 2.43 bits per heavy atom. The number of nitrogens with two attached hydrogens (primary N) is 1. The van der Waals surface area contributed by atoms with Gasteiger partial charge < -0.3 is 16.4 Å². The molecule has 4 N–H and O–H groups in total. The van der Waals surface area contributed by atoms with E-state index in [2.05, 4.69) is 26.6 Å². The number of rotatable bonds is 5. The molecule has 0 aliphatic rings. The van der Waals surface area contributed by atoms with Crippen molar-refractivity contribution in [3.63, 3.8) is 0 Å². The van der Waals surface area contributed by atoms with Crippen LogP contribution in [0.5, 0.6) is 0 Å². The minimum atomic E-state index is -4.54. The third-order valence-corrected chi connectivity index (χ3v) is 3.69. The van der Waals surface area contributed by atoms with Crippen molar-refractivity contribution in [1.29, 1.82) is 0 Å². The van der Waals surface area contributed by atoms with E-state index in [9.17, 15) is 22.8 Å². The second-order valence-electron chi connectivity index (χ2n) is 5.23. The average Bonchev–Trinajstić information content (AvgIpc) is 2.44. The predicted molar refractivity (Wildman–Crippen MR) is 83.6 cm³/mol. The van der Waals surface area contributed by atoms with Gasteiger partial charge in [-0.15, -0.1) is 0 Å². The molecule has 1 atom stereocenters. The summed E-state index contributed by atoms with van der Waals surface area (Å²) in [6, 6.07) is 2.56. The third-order valence-electron chi connectivity index (χ3n) is 3.00. The van der Waals surface area contributed by atoms with Gasteiger partial charge in [-0.05, 0) is 24.1 Å². The van der Waals surface area contributed by atoms with Gasteiger partial charge in [0.1, 0.15) is 0 Å². The number of anilines is 1. The Labute approximate surface area is 139 Å². The molecular weight excluding hydrogens is 379 g/mol. The molecule has 23 heavy (non-hydrogen) atoms. The van der Waals surface area contributed by atoms with Crippen LogP contribution < -0.4 is 16.4 Å². The number of benzene rings is 1. The van der Waals surface area contributed by atoms with Gasteiger partial charge >= 0.3 is 6.18 Å². The van der Waals surface area contributed by atoms with Crippen LogP contribution in [0.2, 0.25) is 0 Å². The van der Waals surface area contributed by atoms with Crippen LogP contribution in [-0.2, 0) is 15.8 Å². The molecule has 0 heterocycles. The molecular formula is C14H17BrF3N3O2. The van der Waals surface area contributed by atoms with Crippen LogP contribution in [0.1, 0.15) is 19.4 Å². The van der Waals surface area contributed by atoms with E-state index in [1.165, 1.54) is 12.1 Å².